The van der Waals surface area contributed by atoms with Gasteiger partial charge in [0.05, 0.1) is 11.5 Å². The number of nitrogens with two attached hydrogens (primary N) is 1. The van der Waals surface area contributed by atoms with Gasteiger partial charge in [-0.05, 0) is 0 Å². The highest BCUT2D eigenvalue weighted by atomic mass is 16.6. The van der Waals surface area contributed by atoms with E-state index in [9.17, 15) is 14.9 Å². The van der Waals surface area contributed by atoms with Crippen LogP contribution in [0.5, 0.6) is 0 Å². The van der Waals surface area contributed by atoms with Gasteiger partial charge in [-0.15, -0.1) is 5.10 Å². The number of carbonyl (C=O) groups is 1. The average molecular weight is 229 g/mol. The van der Waals surface area contributed by atoms with Gasteiger partial charge in [-0.1, -0.05) is 0 Å². The summed E-state index contributed by atoms with van der Waals surface area (Å²) in [6.07, 6.45) is 0.384. The summed E-state index contributed by atoms with van der Waals surface area (Å²) in [5, 5.41) is 17.1. The molecule has 0 saturated carbocycles. The molecule has 0 atom stereocenters. The molecule has 1 aromatic heterocycles. The molecule has 0 aliphatic carbocycles. The second-order valence-electron chi connectivity index (χ2n) is 2.89. The molecule has 0 spiro atoms. The molecule has 16 heavy (non-hydrogen) atoms. The third kappa shape index (κ3) is 3.12. The number of hydrogen-bond donors (Lipinski definition) is 2. The number of hydrogen-bond acceptors (Lipinski definition) is 6. The Morgan fingerprint density at radius 3 is 3.06 bits per heavy atom. The summed E-state index contributed by atoms with van der Waals surface area (Å²) in [7, 11) is 1.57. The van der Waals surface area contributed by atoms with E-state index in [1.165, 1.54) is 10.9 Å². The van der Waals surface area contributed by atoms with E-state index >= 15 is 0 Å². The molecule has 0 aliphatic rings. The number of nitrogens with zero attached hydrogens (tertiary/aromatic N) is 3. The minimum Gasteiger partial charge on any atom is -0.448 e. The van der Waals surface area contributed by atoms with Crippen LogP contribution in [-0.2, 0) is 11.8 Å². The zero-order valence-electron chi connectivity index (χ0n) is 8.54. The lowest BCUT2D eigenvalue weighted by Crippen LogP contribution is -2.18. The van der Waals surface area contributed by atoms with Gasteiger partial charge in [-0.2, -0.15) is 0 Å². The highest BCUT2D eigenvalue weighted by Gasteiger charge is 2.17. The average Bonchev–Trinajstić information content (AvgIpc) is 2.54. The van der Waals surface area contributed by atoms with Crippen molar-refractivity contribution >= 4 is 17.6 Å². The minimum atomic E-state index is -0.891. The van der Waals surface area contributed by atoms with Gasteiger partial charge in [-0.3, -0.25) is 14.8 Å². The van der Waals surface area contributed by atoms with Crippen LogP contribution in [0.3, 0.4) is 0 Å². The van der Waals surface area contributed by atoms with Gasteiger partial charge in [0.2, 0.25) is 5.82 Å². The van der Waals surface area contributed by atoms with Crippen LogP contribution in [0.4, 0.5) is 16.3 Å². The first kappa shape index (κ1) is 11.8. The number of nitro groups is 1. The van der Waals surface area contributed by atoms with E-state index in [0.717, 1.165) is 0 Å². The topological polar surface area (TPSA) is 125 Å². The Labute approximate surface area is 90.3 Å². The van der Waals surface area contributed by atoms with Crippen LogP contribution in [0.2, 0.25) is 0 Å². The lowest BCUT2D eigenvalue weighted by molar-refractivity contribution is -0.384. The van der Waals surface area contributed by atoms with Crippen LogP contribution >= 0.6 is 0 Å². The maximum Gasteiger partial charge on any atom is 0.404 e. The monoisotopic (exact) mass is 229 g/mol. The fourth-order valence-electron chi connectivity index (χ4n) is 1.06. The van der Waals surface area contributed by atoms with Crippen molar-refractivity contribution in [2.75, 3.05) is 18.5 Å². The fraction of sp³-hybridized carbons (Fsp3) is 0.429. The van der Waals surface area contributed by atoms with E-state index in [1.807, 2.05) is 0 Å². The summed E-state index contributed by atoms with van der Waals surface area (Å²) in [5.41, 5.74) is 4.60. The van der Waals surface area contributed by atoms with Crippen molar-refractivity contribution in [2.24, 2.45) is 12.8 Å². The summed E-state index contributed by atoms with van der Waals surface area (Å²) in [5.74, 6) is 0.126. The number of ether oxygens (including phenoxy) is 1. The van der Waals surface area contributed by atoms with Crippen LogP contribution in [0.15, 0.2) is 6.20 Å². The zero-order chi connectivity index (χ0) is 12.1. The number of anilines is 1. The summed E-state index contributed by atoms with van der Waals surface area (Å²) < 4.78 is 5.76. The number of amides is 1. The molecule has 0 radical (unpaired) electrons. The Hall–Kier alpha value is -2.32. The van der Waals surface area contributed by atoms with E-state index < -0.39 is 11.0 Å². The first-order valence-electron chi connectivity index (χ1n) is 4.35. The molecule has 1 amide bonds. The van der Waals surface area contributed by atoms with Gasteiger partial charge < -0.3 is 15.8 Å². The molecule has 0 aliphatic heterocycles. The molecule has 88 valence electrons. The quantitative estimate of drug-likeness (QED) is 0.410. The third-order valence-electron chi connectivity index (χ3n) is 1.64. The number of primary amides is 1. The SMILES string of the molecule is Cn1cc([N+](=O)[O-])c(NCCOC(N)=O)n1. The van der Waals surface area contributed by atoms with E-state index in [1.54, 1.807) is 7.05 Å². The highest BCUT2D eigenvalue weighted by molar-refractivity contribution is 5.64. The molecule has 1 heterocycles. The number of aromatic nitrogens is 2. The van der Waals surface area contributed by atoms with Crippen molar-refractivity contribution in [3.05, 3.63) is 16.3 Å². The first-order chi connectivity index (χ1) is 7.50. The van der Waals surface area contributed by atoms with Crippen molar-refractivity contribution in [3.63, 3.8) is 0 Å². The van der Waals surface area contributed by atoms with Crippen molar-refractivity contribution in [2.45, 2.75) is 0 Å². The van der Waals surface area contributed by atoms with Crippen LogP contribution < -0.4 is 11.1 Å². The van der Waals surface area contributed by atoms with Crippen LogP contribution in [0.25, 0.3) is 0 Å². The van der Waals surface area contributed by atoms with Gasteiger partial charge in [0.1, 0.15) is 12.8 Å². The Balaban J connectivity index is 2.53. The molecular weight excluding hydrogens is 218 g/mol. The Bertz CT molecular complexity index is 401. The molecule has 1 aromatic rings. The molecular formula is C7H11N5O4. The van der Waals surface area contributed by atoms with Gasteiger partial charge in [-0.25, -0.2) is 4.79 Å². The van der Waals surface area contributed by atoms with Crippen LogP contribution in [-0.4, -0.2) is 33.9 Å². The maximum atomic E-state index is 10.6. The zero-order valence-corrected chi connectivity index (χ0v) is 8.54. The van der Waals surface area contributed by atoms with E-state index in [0.29, 0.717) is 0 Å². The standard InChI is InChI=1S/C7H11N5O4/c1-11-4-5(12(14)15)6(10-11)9-2-3-16-7(8)13/h4H,2-3H2,1H3,(H2,8,13)(H,9,10). The Kier molecular flexibility index (Phi) is 3.64. The lowest BCUT2D eigenvalue weighted by atomic mass is 10.5. The second kappa shape index (κ2) is 4.96. The predicted octanol–water partition coefficient (Wildman–Crippen LogP) is -0.164. The lowest BCUT2D eigenvalue weighted by Gasteiger charge is -2.02. The summed E-state index contributed by atoms with van der Waals surface area (Å²) in [4.78, 5) is 20.3. The van der Waals surface area contributed by atoms with Crippen molar-refractivity contribution in [1.82, 2.24) is 9.78 Å². The molecule has 3 N–H and O–H groups in total. The van der Waals surface area contributed by atoms with Gasteiger partial charge in [0.15, 0.2) is 0 Å². The van der Waals surface area contributed by atoms with Crippen LogP contribution in [0, 0.1) is 10.1 Å². The van der Waals surface area contributed by atoms with Crippen molar-refractivity contribution in [3.8, 4) is 0 Å². The molecule has 9 nitrogen and oxygen atoms in total. The van der Waals surface area contributed by atoms with Gasteiger partial charge in [0, 0.05) is 7.05 Å². The van der Waals surface area contributed by atoms with Crippen molar-refractivity contribution < 1.29 is 14.5 Å². The van der Waals surface area contributed by atoms with Gasteiger partial charge in [0.25, 0.3) is 0 Å². The largest absolute Gasteiger partial charge is 0.448 e. The van der Waals surface area contributed by atoms with E-state index in [2.05, 4.69) is 15.2 Å². The number of nitrogens with one attached hydrogen (secondary N) is 1. The van der Waals surface area contributed by atoms with Gasteiger partial charge >= 0.3 is 11.8 Å². The normalized spacial score (nSPS) is 9.81. The number of aryl methyl sites for hydroxylation is 1. The molecule has 9 heteroatoms. The smallest absolute Gasteiger partial charge is 0.404 e. The number of carbonyl (C=O) groups excluding carboxylic acids is 1. The molecule has 0 unspecified atom stereocenters. The highest BCUT2D eigenvalue weighted by Crippen LogP contribution is 2.20. The van der Waals surface area contributed by atoms with E-state index in [4.69, 9.17) is 5.73 Å². The molecule has 1 rings (SSSR count). The maximum absolute atomic E-state index is 10.6. The van der Waals surface area contributed by atoms with Crippen molar-refractivity contribution in [1.29, 1.82) is 0 Å². The predicted molar refractivity (Wildman–Crippen MR) is 53.9 cm³/mol. The Morgan fingerprint density at radius 1 is 1.81 bits per heavy atom. The summed E-state index contributed by atoms with van der Waals surface area (Å²) in [6.45, 7) is 0.212. The van der Waals surface area contributed by atoms with Crippen LogP contribution in [0.1, 0.15) is 0 Å². The Morgan fingerprint density at radius 2 is 2.50 bits per heavy atom. The third-order valence-corrected chi connectivity index (χ3v) is 1.64. The second-order valence-corrected chi connectivity index (χ2v) is 2.89. The number of rotatable bonds is 5. The molecule has 0 bridgehead atoms. The molecule has 0 saturated heterocycles. The molecule has 0 aromatic carbocycles. The summed E-state index contributed by atoms with van der Waals surface area (Å²) in [6, 6.07) is 0. The molecule has 0 fully saturated rings. The first-order valence-corrected chi connectivity index (χ1v) is 4.35. The fourth-order valence-corrected chi connectivity index (χ4v) is 1.06. The van der Waals surface area contributed by atoms with E-state index in [-0.39, 0.29) is 24.7 Å². The minimum absolute atomic E-state index is 0.0169. The summed E-state index contributed by atoms with van der Waals surface area (Å²) >= 11 is 0.